The minimum absolute atomic E-state index is 0.123. The lowest BCUT2D eigenvalue weighted by Crippen LogP contribution is -2.77. The second-order valence-electron chi connectivity index (χ2n) is 15.9. The van der Waals surface area contributed by atoms with Gasteiger partial charge in [0.15, 0.2) is 5.90 Å². The largest absolute Gasteiger partial charge is 0.463 e. The first-order chi connectivity index (χ1) is 23.6. The molecule has 0 spiro atoms. The van der Waals surface area contributed by atoms with E-state index in [-0.39, 0.29) is 30.8 Å². The Morgan fingerprint density at radius 3 is 2.22 bits per heavy atom. The van der Waals surface area contributed by atoms with E-state index >= 15 is 0 Å². The van der Waals surface area contributed by atoms with Crippen molar-refractivity contribution in [2.75, 3.05) is 6.61 Å². The maximum absolute atomic E-state index is 15.0. The lowest BCUT2D eigenvalue weighted by Gasteiger charge is -2.68. The fraction of sp³-hybridized carbons (Fsp3) is 0.550. The average molecular weight is 686 g/mol. The van der Waals surface area contributed by atoms with Gasteiger partial charge in [-0.1, -0.05) is 76.2 Å². The van der Waals surface area contributed by atoms with Crippen LogP contribution in [0.4, 0.5) is 0 Å². The minimum atomic E-state index is -1.86. The third-order valence-corrected chi connectivity index (χ3v) is 12.9. The number of hydrogen-bond donors (Lipinski definition) is 2. The number of ketones is 1. The van der Waals surface area contributed by atoms with E-state index in [1.54, 1.807) is 51.1 Å². The molecule has 7 rings (SSSR count). The van der Waals surface area contributed by atoms with Gasteiger partial charge in [-0.05, 0) is 42.7 Å². The molecule has 0 radical (unpaired) electrons. The molecular weight excluding hydrogens is 638 g/mol. The summed E-state index contributed by atoms with van der Waals surface area (Å²) < 4.78 is 24.6. The molecule has 1 saturated heterocycles. The lowest BCUT2D eigenvalue weighted by molar-refractivity contribution is -0.312. The molecule has 2 heterocycles. The van der Waals surface area contributed by atoms with Gasteiger partial charge in [0, 0.05) is 42.4 Å². The summed E-state index contributed by atoms with van der Waals surface area (Å²) in [6.45, 7) is 13.0. The van der Waals surface area contributed by atoms with Gasteiger partial charge in [-0.25, -0.2) is 14.6 Å². The number of hydrogen-bond acceptors (Lipinski definition) is 10. The highest BCUT2D eigenvalue weighted by atomic mass is 16.6. The summed E-state index contributed by atoms with van der Waals surface area (Å²) in [6.07, 6.45) is -4.74. The summed E-state index contributed by atoms with van der Waals surface area (Å²) in [4.78, 5) is 47.6. The predicted octanol–water partition coefficient (Wildman–Crippen LogP) is 5.17. The van der Waals surface area contributed by atoms with E-state index in [2.05, 4.69) is 4.99 Å². The molecule has 2 aromatic rings. The predicted molar refractivity (Wildman–Crippen MR) is 183 cm³/mol. The van der Waals surface area contributed by atoms with Crippen LogP contribution in [0.25, 0.3) is 0 Å². The van der Waals surface area contributed by atoms with Gasteiger partial charge in [0.25, 0.3) is 0 Å². The Morgan fingerprint density at radius 2 is 1.60 bits per heavy atom. The number of aliphatic hydroxyl groups is 2. The van der Waals surface area contributed by atoms with Crippen molar-refractivity contribution in [1.29, 1.82) is 0 Å². The van der Waals surface area contributed by atoms with Gasteiger partial charge < -0.3 is 29.2 Å². The molecule has 5 aliphatic rings. The van der Waals surface area contributed by atoms with Crippen LogP contribution in [0.2, 0.25) is 0 Å². The highest BCUT2D eigenvalue weighted by molar-refractivity contribution is 5.92. The van der Waals surface area contributed by atoms with E-state index < -0.39 is 82.2 Å². The number of rotatable bonds is 5. The van der Waals surface area contributed by atoms with Crippen molar-refractivity contribution in [2.24, 2.45) is 33.1 Å². The summed E-state index contributed by atoms with van der Waals surface area (Å²) in [7, 11) is 0. The Bertz CT molecular complexity index is 1770. The Balaban J connectivity index is 1.35. The maximum atomic E-state index is 15.0. The smallest absolute Gasteiger partial charge is 0.350 e. The highest BCUT2D eigenvalue weighted by Crippen LogP contribution is 2.66. The van der Waals surface area contributed by atoms with Crippen molar-refractivity contribution in [2.45, 2.75) is 103 Å². The van der Waals surface area contributed by atoms with Crippen LogP contribution in [0.1, 0.15) is 83.3 Å². The first-order valence-electron chi connectivity index (χ1n) is 17.6. The molecule has 0 amide bonds. The lowest BCUT2D eigenvalue weighted by atomic mass is 9.41. The Hall–Kier alpha value is -3.86. The highest BCUT2D eigenvalue weighted by Gasteiger charge is 2.74. The van der Waals surface area contributed by atoms with Crippen LogP contribution in [0.15, 0.2) is 76.8 Å². The van der Waals surface area contributed by atoms with Crippen molar-refractivity contribution in [3.05, 3.63) is 82.9 Å². The molecule has 10 nitrogen and oxygen atoms in total. The number of ether oxygens (including phenoxy) is 4. The summed E-state index contributed by atoms with van der Waals surface area (Å²) in [5, 5.41) is 25.2. The summed E-state index contributed by atoms with van der Waals surface area (Å²) >= 11 is 0. The molecule has 10 heteroatoms. The number of benzene rings is 2. The molecule has 11 atom stereocenters. The molecular formula is C40H47NO9. The SMILES string of the molecule is CC1=N[C@H](c2ccccc2)[C@H](C(=O)O[C@H]2C[C@@]3(O)[C@@H](OC(=O)c4ccccc4)[C@@H]4[C@]5(C)CO[C@@H]5C[C@H](O)[C@@]4(C)C(=O)[C@H](C)C(=C2C)C3(C)C)O1. The molecule has 2 aromatic carbocycles. The van der Waals surface area contributed by atoms with Crippen molar-refractivity contribution in [3.63, 3.8) is 0 Å². The number of nitrogens with zero attached hydrogens (tertiary/aromatic N) is 1. The summed E-state index contributed by atoms with van der Waals surface area (Å²) in [6, 6.07) is 17.3. The average Bonchev–Trinajstić information content (AvgIpc) is 3.49. The molecule has 2 aliphatic heterocycles. The summed E-state index contributed by atoms with van der Waals surface area (Å²) in [5.74, 6) is -2.78. The zero-order chi connectivity index (χ0) is 36.0. The van der Waals surface area contributed by atoms with Crippen molar-refractivity contribution in [1.82, 2.24) is 0 Å². The number of aliphatic hydroxyl groups excluding tert-OH is 1. The van der Waals surface area contributed by atoms with E-state index in [0.717, 1.165) is 5.56 Å². The van der Waals surface area contributed by atoms with Gasteiger partial charge in [0.1, 0.15) is 29.6 Å². The van der Waals surface area contributed by atoms with Crippen LogP contribution in [0, 0.1) is 28.1 Å². The molecule has 50 heavy (non-hydrogen) atoms. The number of aliphatic imine (C=N–C) groups is 1. The zero-order valence-corrected chi connectivity index (χ0v) is 29.7. The molecule has 3 aliphatic carbocycles. The normalized spacial score (nSPS) is 40.2. The molecule has 2 saturated carbocycles. The number of Topliss-reactive ketones (excluding diaryl/α,β-unsaturated/α-hetero) is 1. The van der Waals surface area contributed by atoms with Crippen LogP contribution in [0.3, 0.4) is 0 Å². The van der Waals surface area contributed by atoms with Crippen LogP contribution in [0.5, 0.6) is 0 Å². The summed E-state index contributed by atoms with van der Waals surface area (Å²) in [5.41, 5.74) is -2.80. The second kappa shape index (κ2) is 11.9. The number of esters is 2. The zero-order valence-electron chi connectivity index (χ0n) is 29.7. The number of carbonyl (C=O) groups is 3. The second-order valence-corrected chi connectivity index (χ2v) is 15.9. The maximum Gasteiger partial charge on any atom is 0.350 e. The van der Waals surface area contributed by atoms with E-state index in [1.165, 1.54) is 0 Å². The van der Waals surface area contributed by atoms with Crippen LogP contribution in [-0.2, 0) is 28.5 Å². The van der Waals surface area contributed by atoms with E-state index in [9.17, 15) is 24.6 Å². The van der Waals surface area contributed by atoms with Gasteiger partial charge in [0.05, 0.1) is 29.8 Å². The van der Waals surface area contributed by atoms with Crippen LogP contribution < -0.4 is 0 Å². The monoisotopic (exact) mass is 685 g/mol. The quantitative estimate of drug-likeness (QED) is 0.322. The number of carbonyl (C=O) groups excluding carboxylic acids is 3. The van der Waals surface area contributed by atoms with E-state index in [1.807, 2.05) is 58.0 Å². The molecule has 3 fully saturated rings. The fourth-order valence-corrected chi connectivity index (χ4v) is 10.1. The first kappa shape index (κ1) is 34.6. The first-order valence-corrected chi connectivity index (χ1v) is 17.6. The van der Waals surface area contributed by atoms with Crippen LogP contribution in [-0.4, -0.2) is 76.6 Å². The van der Waals surface area contributed by atoms with Crippen molar-refractivity contribution >= 4 is 23.6 Å². The number of fused-ring (bicyclic) bond motifs is 5. The molecule has 266 valence electrons. The standard InChI is InChI=1S/C40H47NO9/c1-21-26(49-36(45)31-30(41-23(3)48-31)24-14-10-8-11-15-24)19-40(46)34(50-35(44)25-16-12-9-13-17-25)32-38(6)20-47-28(38)18-27(42)39(32,7)33(43)22(2)29(21)37(40,4)5/h8-17,22,26-28,30-32,34,42,46H,18-20H2,1-7H3/t22-,26+,27+,28-,30-,31-,32-,34+,38-,39-,40-/m1/s1. The molecule has 0 aromatic heterocycles. The third kappa shape index (κ3) is 4.85. The van der Waals surface area contributed by atoms with Crippen LogP contribution >= 0.6 is 0 Å². The van der Waals surface area contributed by atoms with Crippen molar-refractivity contribution in [3.8, 4) is 0 Å². The van der Waals surface area contributed by atoms with Gasteiger partial charge >= 0.3 is 11.9 Å². The van der Waals surface area contributed by atoms with Crippen molar-refractivity contribution < 1.29 is 43.5 Å². The minimum Gasteiger partial charge on any atom is -0.463 e. The van der Waals surface area contributed by atoms with Gasteiger partial charge in [0.2, 0.25) is 6.10 Å². The Morgan fingerprint density at radius 1 is 0.960 bits per heavy atom. The fourth-order valence-electron chi connectivity index (χ4n) is 10.1. The third-order valence-electron chi connectivity index (χ3n) is 12.9. The Kier molecular flexibility index (Phi) is 8.20. The van der Waals surface area contributed by atoms with Gasteiger partial charge in [-0.2, -0.15) is 0 Å². The van der Waals surface area contributed by atoms with E-state index in [4.69, 9.17) is 18.9 Å². The molecule has 2 bridgehead atoms. The van der Waals surface area contributed by atoms with Gasteiger partial charge in [-0.15, -0.1) is 0 Å². The Labute approximate surface area is 292 Å². The molecule has 0 unspecified atom stereocenters. The molecule has 2 N–H and O–H groups in total. The van der Waals surface area contributed by atoms with Gasteiger partial charge in [-0.3, -0.25) is 4.79 Å². The van der Waals surface area contributed by atoms with E-state index in [0.29, 0.717) is 17.0 Å². The topological polar surface area (TPSA) is 141 Å².